The van der Waals surface area contributed by atoms with Gasteiger partial charge in [-0.2, -0.15) is 0 Å². The second-order valence-electron chi connectivity index (χ2n) is 11.0. The predicted molar refractivity (Wildman–Crippen MR) is 204 cm³/mol. The van der Waals surface area contributed by atoms with E-state index in [1.807, 2.05) is 87.0 Å². The zero-order valence-electron chi connectivity index (χ0n) is 29.8. The van der Waals surface area contributed by atoms with E-state index in [2.05, 4.69) is 65.5 Å². The summed E-state index contributed by atoms with van der Waals surface area (Å²) in [6.07, 6.45) is 0. The fourth-order valence-electron chi connectivity index (χ4n) is 3.87. The highest BCUT2D eigenvalue weighted by Gasteiger charge is 2.15. The van der Waals surface area contributed by atoms with Crippen LogP contribution in [-0.4, -0.2) is 86.7 Å². The van der Waals surface area contributed by atoms with Gasteiger partial charge in [0.05, 0.1) is 5.56 Å². The van der Waals surface area contributed by atoms with E-state index in [0.29, 0.717) is 11.1 Å². The van der Waals surface area contributed by atoms with Crippen molar-refractivity contribution in [3.63, 3.8) is 0 Å². The van der Waals surface area contributed by atoms with Crippen LogP contribution in [0.15, 0.2) is 49.8 Å². The molecule has 9 nitrogen and oxygen atoms in total. The van der Waals surface area contributed by atoms with Crippen LogP contribution in [0.2, 0.25) is 0 Å². The molecule has 0 atom stereocenters. The van der Waals surface area contributed by atoms with Crippen molar-refractivity contribution in [2.45, 2.75) is 48.5 Å². The number of halogens is 3. The van der Waals surface area contributed by atoms with Gasteiger partial charge < -0.3 is 10.4 Å². The van der Waals surface area contributed by atoms with E-state index in [-0.39, 0.29) is 11.8 Å². The van der Waals surface area contributed by atoms with Crippen molar-refractivity contribution in [2.24, 2.45) is 0 Å². The van der Waals surface area contributed by atoms with Crippen molar-refractivity contribution in [3.8, 4) is 0 Å². The highest BCUT2D eigenvalue weighted by molar-refractivity contribution is 9.11. The number of carbonyl (C=O) groups excluding carboxylic acids is 2. The van der Waals surface area contributed by atoms with Crippen molar-refractivity contribution < 1.29 is 19.5 Å². The van der Waals surface area contributed by atoms with E-state index in [1.165, 1.54) is 5.01 Å². The molecular formula is C35H50Br3N5O4. The minimum Gasteiger partial charge on any atom is -0.478 e. The molecule has 0 fully saturated rings. The first kappa shape index (κ1) is 44.4. The van der Waals surface area contributed by atoms with Gasteiger partial charge in [-0.3, -0.25) is 19.6 Å². The second kappa shape index (κ2) is 21.4. The van der Waals surface area contributed by atoms with Gasteiger partial charge in [0.1, 0.15) is 0 Å². The van der Waals surface area contributed by atoms with E-state index in [4.69, 9.17) is 5.11 Å². The summed E-state index contributed by atoms with van der Waals surface area (Å²) in [4.78, 5) is 34.5. The molecule has 0 unspecified atom stereocenters. The van der Waals surface area contributed by atoms with E-state index >= 15 is 0 Å². The number of carboxylic acids is 1. The lowest BCUT2D eigenvalue weighted by Gasteiger charge is -2.24. The number of nitrogens with zero attached hydrogens (tertiary/aromatic N) is 3. The summed E-state index contributed by atoms with van der Waals surface area (Å²) >= 11 is 10.3. The Morgan fingerprint density at radius 3 is 1.13 bits per heavy atom. The Hall–Kier alpha value is -2.61. The highest BCUT2D eigenvalue weighted by Crippen LogP contribution is 2.24. The summed E-state index contributed by atoms with van der Waals surface area (Å²) in [5.41, 5.74) is 10.8. The van der Waals surface area contributed by atoms with Crippen LogP contribution in [0.3, 0.4) is 0 Å². The fourth-order valence-corrected chi connectivity index (χ4v) is 4.56. The van der Waals surface area contributed by atoms with Gasteiger partial charge in [-0.1, -0.05) is 54.7 Å². The summed E-state index contributed by atoms with van der Waals surface area (Å²) in [5, 5.41) is 16.4. The molecule has 260 valence electrons. The minimum absolute atomic E-state index is 0.00343. The van der Waals surface area contributed by atoms with Crippen molar-refractivity contribution >= 4 is 65.6 Å². The van der Waals surface area contributed by atoms with Gasteiger partial charge in [-0.25, -0.2) is 15.2 Å². The zero-order valence-corrected chi connectivity index (χ0v) is 34.6. The molecule has 3 aromatic rings. The lowest BCUT2D eigenvalue weighted by molar-refractivity contribution is 0.0341. The van der Waals surface area contributed by atoms with Crippen LogP contribution >= 0.6 is 47.8 Å². The van der Waals surface area contributed by atoms with Gasteiger partial charge in [0.25, 0.3) is 11.8 Å². The normalized spacial score (nSPS) is 10.1. The standard InChI is InChI=1S/C12H17BrN2O.C11H15BrN2O.C9H9BrO2.C3H9N/c1-8-6-10(7-9(2)11(8)13)12(16)15(5)14(3)4;1-7-5-9(6-8(2)10(7)12)11(15)14(4)13-3;1-5-3-7(9(11)12)4-6(2)8(5)10;1-3-4-2/h6-7H,1-5H3;5-6,13H,1-4H3;3-4H,1-2H3,(H,11,12);4H,3H2,1-2H3. The zero-order chi connectivity index (χ0) is 36.8. The third kappa shape index (κ3) is 14.2. The van der Waals surface area contributed by atoms with Crippen molar-refractivity contribution in [3.05, 3.63) is 99.9 Å². The fraction of sp³-hybridized carbons (Fsp3) is 0.400. The maximum atomic E-state index is 12.1. The van der Waals surface area contributed by atoms with Gasteiger partial charge in [0.2, 0.25) is 0 Å². The minimum atomic E-state index is -0.881. The number of carbonyl (C=O) groups is 3. The van der Waals surface area contributed by atoms with E-state index in [1.54, 1.807) is 43.3 Å². The average Bonchev–Trinajstić information content (AvgIpc) is 3.03. The Bertz CT molecular complexity index is 1460. The van der Waals surface area contributed by atoms with Gasteiger partial charge in [-0.15, -0.1) is 0 Å². The number of hydrogen-bond donors (Lipinski definition) is 3. The molecule has 0 bridgehead atoms. The smallest absolute Gasteiger partial charge is 0.335 e. The lowest BCUT2D eigenvalue weighted by Crippen LogP contribution is -2.38. The van der Waals surface area contributed by atoms with Gasteiger partial charge in [0, 0.05) is 59.8 Å². The molecule has 0 spiro atoms. The lowest BCUT2D eigenvalue weighted by atomic mass is 10.1. The molecule has 2 amide bonds. The number of benzene rings is 3. The van der Waals surface area contributed by atoms with Gasteiger partial charge in [-0.05, 0) is 125 Å². The van der Waals surface area contributed by atoms with Gasteiger partial charge >= 0.3 is 5.97 Å². The van der Waals surface area contributed by atoms with Crippen LogP contribution < -0.4 is 10.7 Å². The van der Waals surface area contributed by atoms with Crippen LogP contribution in [-0.2, 0) is 0 Å². The molecule has 0 aliphatic heterocycles. The third-order valence-corrected chi connectivity index (χ3v) is 10.7. The Labute approximate surface area is 306 Å². The molecule has 3 rings (SSSR count). The maximum Gasteiger partial charge on any atom is 0.335 e. The van der Waals surface area contributed by atoms with E-state index in [0.717, 1.165) is 58.9 Å². The summed E-state index contributed by atoms with van der Waals surface area (Å²) < 4.78 is 3.11. The summed E-state index contributed by atoms with van der Waals surface area (Å²) in [5.74, 6) is -0.909. The number of amides is 2. The van der Waals surface area contributed by atoms with Crippen molar-refractivity contribution in [1.82, 2.24) is 25.8 Å². The summed E-state index contributed by atoms with van der Waals surface area (Å²) in [6, 6.07) is 10.9. The van der Waals surface area contributed by atoms with E-state index in [9.17, 15) is 14.4 Å². The first-order valence-corrected chi connectivity index (χ1v) is 17.2. The second-order valence-corrected chi connectivity index (χ2v) is 13.4. The predicted octanol–water partition coefficient (Wildman–Crippen LogP) is 7.88. The Kier molecular flexibility index (Phi) is 20.2. The molecule has 0 aromatic heterocycles. The monoisotopic (exact) mass is 841 g/mol. The Morgan fingerprint density at radius 1 is 0.617 bits per heavy atom. The Balaban J connectivity index is 0.000000643. The highest BCUT2D eigenvalue weighted by atomic mass is 79.9. The number of rotatable bonds is 6. The van der Waals surface area contributed by atoms with Gasteiger partial charge in [0.15, 0.2) is 0 Å². The molecule has 12 heteroatoms. The van der Waals surface area contributed by atoms with Crippen molar-refractivity contribution in [1.29, 1.82) is 0 Å². The SMILES string of the molecule is CCNC.CNN(C)C(=O)c1cc(C)c(Br)c(C)c1.Cc1cc(C(=O)N(C)N(C)C)cc(C)c1Br.Cc1cc(C(=O)O)cc(C)c1Br. The number of hydrazine groups is 2. The molecule has 3 N–H and O–H groups in total. The topological polar surface area (TPSA) is 105 Å². The number of aryl methyl sites for hydroxylation is 6. The maximum absolute atomic E-state index is 12.1. The molecule has 47 heavy (non-hydrogen) atoms. The quantitative estimate of drug-likeness (QED) is 0.217. The van der Waals surface area contributed by atoms with Crippen LogP contribution in [0.4, 0.5) is 0 Å². The number of carboxylic acid groups (broad SMARTS) is 1. The summed E-state index contributed by atoms with van der Waals surface area (Å²) in [6.45, 7) is 14.8. The average molecular weight is 845 g/mol. The first-order valence-electron chi connectivity index (χ1n) is 14.8. The molecule has 3 aromatic carbocycles. The van der Waals surface area contributed by atoms with Crippen LogP contribution in [0, 0.1) is 41.5 Å². The number of nitrogens with one attached hydrogen (secondary N) is 2. The molecule has 0 aliphatic rings. The summed E-state index contributed by atoms with van der Waals surface area (Å²) in [7, 11) is 10.8. The number of aromatic carboxylic acids is 1. The molecular weight excluding hydrogens is 794 g/mol. The van der Waals surface area contributed by atoms with Crippen LogP contribution in [0.25, 0.3) is 0 Å². The number of hydrogen-bond acceptors (Lipinski definition) is 6. The Morgan fingerprint density at radius 2 is 0.894 bits per heavy atom. The van der Waals surface area contributed by atoms with Crippen LogP contribution in [0.1, 0.15) is 71.4 Å². The molecule has 0 saturated heterocycles. The first-order chi connectivity index (χ1) is 21.7. The molecule has 0 saturated carbocycles. The molecule has 0 aliphatic carbocycles. The molecule has 0 radical (unpaired) electrons. The van der Waals surface area contributed by atoms with E-state index < -0.39 is 5.97 Å². The largest absolute Gasteiger partial charge is 0.478 e. The molecule has 0 heterocycles. The van der Waals surface area contributed by atoms with Crippen LogP contribution in [0.5, 0.6) is 0 Å². The van der Waals surface area contributed by atoms with Crippen molar-refractivity contribution in [2.75, 3.05) is 48.8 Å². The third-order valence-electron chi connectivity index (χ3n) is 6.94.